The van der Waals surface area contributed by atoms with E-state index < -0.39 is 4.92 Å². The van der Waals surface area contributed by atoms with Crippen molar-refractivity contribution in [2.24, 2.45) is 0 Å². The molecule has 0 radical (unpaired) electrons. The lowest BCUT2D eigenvalue weighted by Crippen LogP contribution is -2.01. The Labute approximate surface area is 124 Å². The number of nitrogens with zero attached hydrogens (tertiary/aromatic N) is 4. The zero-order valence-electron chi connectivity index (χ0n) is 11.5. The predicted molar refractivity (Wildman–Crippen MR) is 79.8 cm³/mol. The number of nitriles is 1. The van der Waals surface area contributed by atoms with Crippen molar-refractivity contribution in [3.8, 4) is 17.2 Å². The number of hydrogen-bond acceptors (Lipinski definition) is 6. The number of benzene rings is 1. The zero-order valence-corrected chi connectivity index (χ0v) is 11.5. The van der Waals surface area contributed by atoms with Crippen molar-refractivity contribution in [3.63, 3.8) is 0 Å². The van der Waals surface area contributed by atoms with Gasteiger partial charge in [-0.25, -0.2) is 4.98 Å². The van der Waals surface area contributed by atoms with Crippen LogP contribution >= 0.6 is 0 Å². The SMILES string of the molecule is Cc1[nH]nc2nc(N)c(C#N)c(-c3ccccc3[N+](=O)[O-])c12. The van der Waals surface area contributed by atoms with Gasteiger partial charge in [0.1, 0.15) is 17.5 Å². The summed E-state index contributed by atoms with van der Waals surface area (Å²) < 4.78 is 0. The van der Waals surface area contributed by atoms with E-state index in [4.69, 9.17) is 5.73 Å². The van der Waals surface area contributed by atoms with Gasteiger partial charge < -0.3 is 5.73 Å². The summed E-state index contributed by atoms with van der Waals surface area (Å²) in [7, 11) is 0. The Bertz CT molecular complexity index is 954. The van der Waals surface area contributed by atoms with Crippen LogP contribution in [-0.2, 0) is 0 Å². The van der Waals surface area contributed by atoms with Gasteiger partial charge in [-0.3, -0.25) is 15.2 Å². The van der Waals surface area contributed by atoms with Crippen LogP contribution in [0.5, 0.6) is 0 Å². The first-order valence-electron chi connectivity index (χ1n) is 6.32. The Kier molecular flexibility index (Phi) is 2.96. The minimum absolute atomic E-state index is 0.00495. The van der Waals surface area contributed by atoms with Gasteiger partial charge in [-0.1, -0.05) is 12.1 Å². The van der Waals surface area contributed by atoms with Crippen molar-refractivity contribution in [2.75, 3.05) is 5.73 Å². The molecule has 0 bridgehead atoms. The van der Waals surface area contributed by atoms with E-state index in [2.05, 4.69) is 15.2 Å². The maximum atomic E-state index is 11.3. The minimum Gasteiger partial charge on any atom is -0.383 e. The molecular formula is C14H10N6O2. The highest BCUT2D eigenvalue weighted by molar-refractivity contribution is 6.01. The summed E-state index contributed by atoms with van der Waals surface area (Å²) in [4.78, 5) is 14.9. The van der Waals surface area contributed by atoms with Crippen LogP contribution < -0.4 is 5.73 Å². The van der Waals surface area contributed by atoms with Gasteiger partial charge in [0.25, 0.3) is 5.69 Å². The van der Waals surface area contributed by atoms with E-state index in [1.54, 1.807) is 25.1 Å². The maximum Gasteiger partial charge on any atom is 0.277 e. The highest BCUT2D eigenvalue weighted by atomic mass is 16.6. The van der Waals surface area contributed by atoms with Crippen LogP contribution in [0.4, 0.5) is 11.5 Å². The fourth-order valence-corrected chi connectivity index (χ4v) is 2.45. The van der Waals surface area contributed by atoms with Gasteiger partial charge >= 0.3 is 0 Å². The monoisotopic (exact) mass is 294 g/mol. The number of H-pyrrole nitrogens is 1. The fraction of sp³-hybridized carbons (Fsp3) is 0.0714. The lowest BCUT2D eigenvalue weighted by atomic mass is 9.96. The molecule has 22 heavy (non-hydrogen) atoms. The van der Waals surface area contributed by atoms with Gasteiger partial charge in [-0.2, -0.15) is 10.4 Å². The van der Waals surface area contributed by atoms with E-state index in [0.29, 0.717) is 27.9 Å². The molecule has 8 nitrogen and oxygen atoms in total. The van der Waals surface area contributed by atoms with Gasteiger partial charge in [0.15, 0.2) is 5.65 Å². The molecule has 3 rings (SSSR count). The number of anilines is 1. The lowest BCUT2D eigenvalue weighted by Gasteiger charge is -2.09. The molecule has 1 aromatic carbocycles. The number of pyridine rings is 1. The van der Waals surface area contributed by atoms with Crippen LogP contribution in [0.1, 0.15) is 11.3 Å². The van der Waals surface area contributed by atoms with Crippen LogP contribution in [0.3, 0.4) is 0 Å². The lowest BCUT2D eigenvalue weighted by molar-refractivity contribution is -0.384. The van der Waals surface area contributed by atoms with Crippen molar-refractivity contribution in [1.29, 1.82) is 5.26 Å². The van der Waals surface area contributed by atoms with Crippen LogP contribution in [0.15, 0.2) is 24.3 Å². The van der Waals surface area contributed by atoms with E-state index in [1.165, 1.54) is 6.07 Å². The molecule has 0 aliphatic rings. The Morgan fingerprint density at radius 3 is 2.82 bits per heavy atom. The van der Waals surface area contributed by atoms with Gasteiger partial charge in [0.05, 0.1) is 15.9 Å². The van der Waals surface area contributed by atoms with E-state index in [0.717, 1.165) is 0 Å². The highest BCUT2D eigenvalue weighted by Crippen LogP contribution is 2.39. The molecule has 0 saturated heterocycles. The molecule has 8 heteroatoms. The second-order valence-electron chi connectivity index (χ2n) is 4.68. The average molecular weight is 294 g/mol. The van der Waals surface area contributed by atoms with Crippen LogP contribution in [0.2, 0.25) is 0 Å². The number of fused-ring (bicyclic) bond motifs is 1. The molecular weight excluding hydrogens is 284 g/mol. The number of nitrogens with one attached hydrogen (secondary N) is 1. The molecule has 0 aliphatic carbocycles. The maximum absolute atomic E-state index is 11.3. The minimum atomic E-state index is -0.492. The first kappa shape index (κ1) is 13.5. The summed E-state index contributed by atoms with van der Waals surface area (Å²) in [6.45, 7) is 1.76. The number of nitro groups is 1. The van der Waals surface area contributed by atoms with Crippen molar-refractivity contribution < 1.29 is 4.92 Å². The second kappa shape index (κ2) is 4.82. The molecule has 2 aromatic heterocycles. The predicted octanol–water partition coefficient (Wildman–Crippen LogP) is 2.30. The number of hydrogen-bond donors (Lipinski definition) is 2. The molecule has 3 N–H and O–H groups in total. The van der Waals surface area contributed by atoms with E-state index >= 15 is 0 Å². The summed E-state index contributed by atoms with van der Waals surface area (Å²) in [6.07, 6.45) is 0. The standard InChI is InChI=1S/C14H10N6O2/c1-7-11-12(8-4-2-3-5-10(8)20(21)22)9(6-15)13(16)17-14(11)19-18-7/h2-5H,1H3,(H3,16,17,18,19). The Morgan fingerprint density at radius 1 is 1.41 bits per heavy atom. The summed E-state index contributed by atoms with van der Waals surface area (Å²) >= 11 is 0. The van der Waals surface area contributed by atoms with Gasteiger partial charge in [0, 0.05) is 17.3 Å². The highest BCUT2D eigenvalue weighted by Gasteiger charge is 2.24. The zero-order chi connectivity index (χ0) is 15.9. The fourth-order valence-electron chi connectivity index (χ4n) is 2.45. The van der Waals surface area contributed by atoms with Crippen molar-refractivity contribution >= 4 is 22.5 Å². The smallest absolute Gasteiger partial charge is 0.277 e. The van der Waals surface area contributed by atoms with Crippen molar-refractivity contribution in [2.45, 2.75) is 6.92 Å². The molecule has 3 aromatic rings. The molecule has 0 saturated carbocycles. The molecule has 108 valence electrons. The number of nitro benzene ring substituents is 1. The second-order valence-corrected chi connectivity index (χ2v) is 4.68. The summed E-state index contributed by atoms with van der Waals surface area (Å²) in [5.74, 6) is -0.00495. The van der Waals surface area contributed by atoms with Gasteiger partial charge in [-0.05, 0) is 13.0 Å². The van der Waals surface area contributed by atoms with Crippen molar-refractivity contribution in [1.82, 2.24) is 15.2 Å². The first-order chi connectivity index (χ1) is 10.5. The molecule has 0 unspecified atom stereocenters. The largest absolute Gasteiger partial charge is 0.383 e. The third-order valence-corrected chi connectivity index (χ3v) is 3.39. The first-order valence-corrected chi connectivity index (χ1v) is 6.32. The summed E-state index contributed by atoms with van der Waals surface area (Å²) in [6, 6.07) is 8.19. The number of nitrogen functional groups attached to an aromatic ring is 1. The van der Waals surface area contributed by atoms with Crippen LogP contribution in [0.25, 0.3) is 22.2 Å². The molecule has 0 aliphatic heterocycles. The van der Waals surface area contributed by atoms with E-state index in [-0.39, 0.29) is 17.1 Å². The molecule has 2 heterocycles. The van der Waals surface area contributed by atoms with Crippen molar-refractivity contribution in [3.05, 3.63) is 45.6 Å². The number of aromatic nitrogens is 3. The Morgan fingerprint density at radius 2 is 2.14 bits per heavy atom. The van der Waals surface area contributed by atoms with E-state index in [9.17, 15) is 15.4 Å². The van der Waals surface area contributed by atoms with Crippen LogP contribution in [-0.4, -0.2) is 20.1 Å². The van der Waals surface area contributed by atoms with Gasteiger partial charge in [-0.15, -0.1) is 0 Å². The van der Waals surface area contributed by atoms with E-state index in [1.807, 2.05) is 6.07 Å². The Balaban J connectivity index is 2.53. The summed E-state index contributed by atoms with van der Waals surface area (Å²) in [5, 5.41) is 28.0. The third kappa shape index (κ3) is 1.84. The topological polar surface area (TPSA) is 135 Å². The quantitative estimate of drug-likeness (QED) is 0.550. The average Bonchev–Trinajstić information content (AvgIpc) is 2.86. The number of aryl methyl sites for hydroxylation is 1. The number of para-hydroxylation sites is 1. The summed E-state index contributed by atoms with van der Waals surface area (Å²) in [5.41, 5.74) is 7.48. The Hall–Kier alpha value is -3.47. The number of aromatic amines is 1. The molecule has 0 atom stereocenters. The van der Waals surface area contributed by atoms with Gasteiger partial charge in [0.2, 0.25) is 0 Å². The van der Waals surface area contributed by atoms with Crippen LogP contribution in [0, 0.1) is 28.4 Å². The molecule has 0 amide bonds. The molecule has 0 fully saturated rings. The molecule has 0 spiro atoms. The number of rotatable bonds is 2. The third-order valence-electron chi connectivity index (χ3n) is 3.39. The normalized spacial score (nSPS) is 10.5. The number of nitrogens with two attached hydrogens (primary N) is 1.